The van der Waals surface area contributed by atoms with Crippen LogP contribution in [0.25, 0.3) is 0 Å². The summed E-state index contributed by atoms with van der Waals surface area (Å²) in [5, 5.41) is 0. The molecular weight excluding hydrogens is 182 g/mol. The first kappa shape index (κ1) is 13.4. The van der Waals surface area contributed by atoms with Crippen LogP contribution in [0.2, 0.25) is 0 Å². The van der Waals surface area contributed by atoms with Gasteiger partial charge in [-0.3, -0.25) is 4.79 Å². The van der Waals surface area contributed by atoms with Crippen molar-refractivity contribution < 1.29 is 14.3 Å². The average molecular weight is 203 g/mol. The lowest BCUT2D eigenvalue weighted by molar-refractivity contribution is -0.161. The van der Waals surface area contributed by atoms with Gasteiger partial charge in [0.25, 0.3) is 0 Å². The fourth-order valence-electron chi connectivity index (χ4n) is 0.966. The van der Waals surface area contributed by atoms with Gasteiger partial charge in [0, 0.05) is 13.7 Å². The largest absolute Gasteiger partial charge is 0.460 e. The summed E-state index contributed by atoms with van der Waals surface area (Å²) in [6, 6.07) is 0. The molecule has 0 aliphatic heterocycles. The lowest BCUT2D eigenvalue weighted by Crippen LogP contribution is -2.38. The van der Waals surface area contributed by atoms with Crippen molar-refractivity contribution in [3.63, 3.8) is 0 Å². The molecular formula is C10H21NO3. The molecule has 4 nitrogen and oxygen atoms in total. The van der Waals surface area contributed by atoms with Crippen molar-refractivity contribution >= 4 is 5.97 Å². The number of nitrogens with two attached hydrogens (primary N) is 1. The molecule has 0 aliphatic rings. The van der Waals surface area contributed by atoms with Crippen molar-refractivity contribution in [3.05, 3.63) is 0 Å². The summed E-state index contributed by atoms with van der Waals surface area (Å²) in [5.41, 5.74) is 4.97. The van der Waals surface area contributed by atoms with Crippen LogP contribution in [0.3, 0.4) is 0 Å². The molecule has 0 aromatic rings. The SMILES string of the molecule is CCC(C)(CN)C(=O)OC(C)COC. The Morgan fingerprint density at radius 2 is 2.14 bits per heavy atom. The first-order valence-electron chi connectivity index (χ1n) is 4.90. The van der Waals surface area contributed by atoms with Gasteiger partial charge in [-0.2, -0.15) is 0 Å². The highest BCUT2D eigenvalue weighted by atomic mass is 16.6. The predicted octanol–water partition coefficient (Wildman–Crippen LogP) is 0.940. The van der Waals surface area contributed by atoms with E-state index in [1.807, 2.05) is 13.8 Å². The number of carbonyl (C=O) groups is 1. The molecule has 0 rings (SSSR count). The zero-order valence-electron chi connectivity index (χ0n) is 9.50. The zero-order valence-corrected chi connectivity index (χ0v) is 9.50. The smallest absolute Gasteiger partial charge is 0.313 e. The second kappa shape index (κ2) is 5.98. The van der Waals surface area contributed by atoms with Crippen molar-refractivity contribution in [2.75, 3.05) is 20.3 Å². The third-order valence-electron chi connectivity index (χ3n) is 2.43. The van der Waals surface area contributed by atoms with Crippen LogP contribution in [-0.2, 0) is 14.3 Å². The van der Waals surface area contributed by atoms with E-state index in [0.29, 0.717) is 19.6 Å². The predicted molar refractivity (Wildman–Crippen MR) is 54.9 cm³/mol. The average Bonchev–Trinajstić information content (AvgIpc) is 2.16. The minimum absolute atomic E-state index is 0.218. The molecule has 4 heteroatoms. The van der Waals surface area contributed by atoms with E-state index in [0.717, 1.165) is 0 Å². The highest BCUT2D eigenvalue weighted by molar-refractivity contribution is 5.76. The van der Waals surface area contributed by atoms with Crippen LogP contribution in [-0.4, -0.2) is 32.3 Å². The Balaban J connectivity index is 4.18. The maximum Gasteiger partial charge on any atom is 0.313 e. The van der Waals surface area contributed by atoms with Gasteiger partial charge in [-0.25, -0.2) is 0 Å². The van der Waals surface area contributed by atoms with Crippen molar-refractivity contribution in [2.45, 2.75) is 33.3 Å². The molecule has 2 N–H and O–H groups in total. The fourth-order valence-corrected chi connectivity index (χ4v) is 0.966. The van der Waals surface area contributed by atoms with Crippen LogP contribution in [0.15, 0.2) is 0 Å². The molecule has 2 unspecified atom stereocenters. The van der Waals surface area contributed by atoms with E-state index < -0.39 is 5.41 Å². The number of methoxy groups -OCH3 is 1. The van der Waals surface area contributed by atoms with Gasteiger partial charge < -0.3 is 15.2 Å². The number of hydrogen-bond donors (Lipinski definition) is 1. The molecule has 0 heterocycles. The maximum atomic E-state index is 11.7. The molecule has 14 heavy (non-hydrogen) atoms. The van der Waals surface area contributed by atoms with Crippen LogP contribution in [0, 0.1) is 5.41 Å². The molecule has 84 valence electrons. The normalized spacial score (nSPS) is 17.2. The molecule has 0 aromatic carbocycles. The van der Waals surface area contributed by atoms with E-state index in [2.05, 4.69) is 0 Å². The third-order valence-corrected chi connectivity index (χ3v) is 2.43. The summed E-state index contributed by atoms with van der Waals surface area (Å²) in [4.78, 5) is 11.7. The molecule has 0 aliphatic carbocycles. The van der Waals surface area contributed by atoms with Gasteiger partial charge in [0.1, 0.15) is 6.10 Å². The van der Waals surface area contributed by atoms with E-state index >= 15 is 0 Å². The number of rotatable bonds is 6. The topological polar surface area (TPSA) is 61.6 Å². The summed E-state index contributed by atoms with van der Waals surface area (Å²) >= 11 is 0. The highest BCUT2D eigenvalue weighted by Crippen LogP contribution is 2.21. The van der Waals surface area contributed by atoms with Crippen molar-refractivity contribution in [1.29, 1.82) is 0 Å². The first-order chi connectivity index (χ1) is 6.50. The fraction of sp³-hybridized carbons (Fsp3) is 0.900. The summed E-state index contributed by atoms with van der Waals surface area (Å²) < 4.78 is 10.1. The molecule has 0 amide bonds. The van der Waals surface area contributed by atoms with Crippen molar-refractivity contribution in [2.24, 2.45) is 11.1 Å². The minimum Gasteiger partial charge on any atom is -0.460 e. The van der Waals surface area contributed by atoms with Crippen LogP contribution < -0.4 is 5.73 Å². The summed E-state index contributed by atoms with van der Waals surface area (Å²) in [6.45, 7) is 6.26. The monoisotopic (exact) mass is 203 g/mol. The molecule has 0 saturated heterocycles. The summed E-state index contributed by atoms with van der Waals surface area (Å²) in [6.07, 6.45) is 0.465. The van der Waals surface area contributed by atoms with Gasteiger partial charge in [0.05, 0.1) is 12.0 Å². The standard InChI is InChI=1S/C10H21NO3/c1-5-10(3,7-11)9(12)14-8(2)6-13-4/h8H,5-7,11H2,1-4H3. The Kier molecular flexibility index (Phi) is 5.72. The van der Waals surface area contributed by atoms with Crippen LogP contribution in [0.4, 0.5) is 0 Å². The molecule has 0 bridgehead atoms. The first-order valence-corrected chi connectivity index (χ1v) is 4.90. The van der Waals surface area contributed by atoms with Crippen LogP contribution in [0.5, 0.6) is 0 Å². The highest BCUT2D eigenvalue weighted by Gasteiger charge is 2.32. The molecule has 0 spiro atoms. The minimum atomic E-state index is -0.567. The number of ether oxygens (including phenoxy) is 2. The Bertz CT molecular complexity index is 178. The van der Waals surface area contributed by atoms with Crippen LogP contribution in [0.1, 0.15) is 27.2 Å². The lowest BCUT2D eigenvalue weighted by Gasteiger charge is -2.25. The second-order valence-corrected chi connectivity index (χ2v) is 3.79. The van der Waals surface area contributed by atoms with Gasteiger partial charge in [-0.05, 0) is 20.3 Å². The Labute approximate surface area is 85.8 Å². The molecule has 0 radical (unpaired) electrons. The van der Waals surface area contributed by atoms with E-state index in [-0.39, 0.29) is 12.1 Å². The number of hydrogen-bond acceptors (Lipinski definition) is 4. The van der Waals surface area contributed by atoms with Crippen molar-refractivity contribution in [1.82, 2.24) is 0 Å². The Morgan fingerprint density at radius 1 is 1.57 bits per heavy atom. The molecule has 2 atom stereocenters. The molecule has 0 saturated carbocycles. The number of carbonyl (C=O) groups excluding carboxylic acids is 1. The van der Waals surface area contributed by atoms with E-state index in [9.17, 15) is 4.79 Å². The van der Waals surface area contributed by atoms with Crippen molar-refractivity contribution in [3.8, 4) is 0 Å². The van der Waals surface area contributed by atoms with E-state index in [1.54, 1.807) is 14.0 Å². The second-order valence-electron chi connectivity index (χ2n) is 3.79. The molecule has 0 fully saturated rings. The summed E-state index contributed by atoms with van der Waals surface area (Å²) in [5.74, 6) is -0.243. The van der Waals surface area contributed by atoms with Gasteiger partial charge in [-0.15, -0.1) is 0 Å². The van der Waals surface area contributed by atoms with E-state index in [4.69, 9.17) is 15.2 Å². The van der Waals surface area contributed by atoms with E-state index in [1.165, 1.54) is 0 Å². The lowest BCUT2D eigenvalue weighted by atomic mass is 9.88. The quantitative estimate of drug-likeness (QED) is 0.653. The number of esters is 1. The Hall–Kier alpha value is -0.610. The summed E-state index contributed by atoms with van der Waals surface area (Å²) in [7, 11) is 1.58. The van der Waals surface area contributed by atoms with Gasteiger partial charge in [0.15, 0.2) is 0 Å². The zero-order chi connectivity index (χ0) is 11.2. The molecule has 0 aromatic heterocycles. The van der Waals surface area contributed by atoms with Gasteiger partial charge >= 0.3 is 5.97 Å². The van der Waals surface area contributed by atoms with Gasteiger partial charge in [0.2, 0.25) is 0 Å². The Morgan fingerprint density at radius 3 is 2.50 bits per heavy atom. The third kappa shape index (κ3) is 3.64. The maximum absolute atomic E-state index is 11.7. The van der Waals surface area contributed by atoms with Crippen LogP contribution >= 0.6 is 0 Å². The van der Waals surface area contributed by atoms with Gasteiger partial charge in [-0.1, -0.05) is 6.92 Å².